The second kappa shape index (κ2) is 8.56. The van der Waals surface area contributed by atoms with Gasteiger partial charge in [0.15, 0.2) is 0 Å². The van der Waals surface area contributed by atoms with E-state index in [4.69, 9.17) is 4.74 Å². The van der Waals surface area contributed by atoms with Crippen molar-refractivity contribution in [3.05, 3.63) is 105 Å². The van der Waals surface area contributed by atoms with Gasteiger partial charge in [0, 0.05) is 8.95 Å². The van der Waals surface area contributed by atoms with Crippen LogP contribution in [0.2, 0.25) is 0 Å². The van der Waals surface area contributed by atoms with Crippen LogP contribution in [0.3, 0.4) is 0 Å². The van der Waals surface area contributed by atoms with E-state index in [1.165, 1.54) is 21.5 Å². The standard InChI is InChI=1S/C26H20Br2O/c1-17(19-9-11-23-21(13-19)5-3-7-25(23)27)15-29-16-18(2)20-10-12-24-22(14-20)6-4-8-26(24)28/h3-16H,1-2H3. The Labute approximate surface area is 188 Å². The zero-order valence-electron chi connectivity index (χ0n) is 16.2. The third kappa shape index (κ3) is 4.31. The molecule has 0 spiro atoms. The highest BCUT2D eigenvalue weighted by Crippen LogP contribution is 2.28. The number of fused-ring (bicyclic) bond motifs is 2. The van der Waals surface area contributed by atoms with Gasteiger partial charge in [0.25, 0.3) is 0 Å². The van der Waals surface area contributed by atoms with Crippen LogP contribution in [0.25, 0.3) is 32.7 Å². The molecule has 1 nitrogen and oxygen atoms in total. The number of rotatable bonds is 4. The van der Waals surface area contributed by atoms with Crippen molar-refractivity contribution in [3.63, 3.8) is 0 Å². The summed E-state index contributed by atoms with van der Waals surface area (Å²) in [6.07, 6.45) is 3.61. The molecule has 4 rings (SSSR count). The summed E-state index contributed by atoms with van der Waals surface area (Å²) in [7, 11) is 0. The fourth-order valence-electron chi connectivity index (χ4n) is 3.35. The first-order valence-corrected chi connectivity index (χ1v) is 11.0. The van der Waals surface area contributed by atoms with Crippen LogP contribution in [-0.2, 0) is 4.74 Å². The third-order valence-corrected chi connectivity index (χ3v) is 6.44. The summed E-state index contributed by atoms with van der Waals surface area (Å²) in [4.78, 5) is 0. The molecule has 0 atom stereocenters. The smallest absolute Gasteiger partial charge is 0.0936 e. The van der Waals surface area contributed by atoms with E-state index in [1.54, 1.807) is 12.5 Å². The second-order valence-electron chi connectivity index (χ2n) is 7.09. The van der Waals surface area contributed by atoms with Gasteiger partial charge in [0.2, 0.25) is 0 Å². The minimum atomic E-state index is 1.08. The molecule has 0 unspecified atom stereocenters. The fraction of sp³-hybridized carbons (Fsp3) is 0.0769. The number of ether oxygens (including phenoxy) is 1. The Balaban J connectivity index is 1.54. The van der Waals surface area contributed by atoms with Crippen LogP contribution in [-0.4, -0.2) is 0 Å². The minimum Gasteiger partial charge on any atom is -0.472 e. The summed E-state index contributed by atoms with van der Waals surface area (Å²) < 4.78 is 8.02. The van der Waals surface area contributed by atoms with E-state index in [9.17, 15) is 0 Å². The highest BCUT2D eigenvalue weighted by atomic mass is 79.9. The highest BCUT2D eigenvalue weighted by Gasteiger charge is 2.03. The number of benzene rings is 4. The monoisotopic (exact) mass is 506 g/mol. The van der Waals surface area contributed by atoms with Crippen molar-refractivity contribution in [2.45, 2.75) is 13.8 Å². The number of hydrogen-bond acceptors (Lipinski definition) is 1. The topological polar surface area (TPSA) is 9.23 Å². The van der Waals surface area contributed by atoms with Crippen molar-refractivity contribution in [1.29, 1.82) is 0 Å². The first-order valence-electron chi connectivity index (χ1n) is 9.39. The van der Waals surface area contributed by atoms with E-state index in [-0.39, 0.29) is 0 Å². The Morgan fingerprint density at radius 3 is 1.55 bits per heavy atom. The van der Waals surface area contributed by atoms with Gasteiger partial charge >= 0.3 is 0 Å². The third-order valence-electron chi connectivity index (χ3n) is 5.05. The zero-order chi connectivity index (χ0) is 20.4. The lowest BCUT2D eigenvalue weighted by molar-refractivity contribution is 0.406. The van der Waals surface area contributed by atoms with Crippen molar-refractivity contribution in [2.24, 2.45) is 0 Å². The van der Waals surface area contributed by atoms with E-state index in [0.29, 0.717) is 0 Å². The summed E-state index contributed by atoms with van der Waals surface area (Å²) in [5.74, 6) is 0. The van der Waals surface area contributed by atoms with E-state index >= 15 is 0 Å². The molecule has 0 saturated carbocycles. The molecule has 0 N–H and O–H groups in total. The predicted molar refractivity (Wildman–Crippen MR) is 132 cm³/mol. The molecule has 0 saturated heterocycles. The Hall–Kier alpha value is -2.36. The van der Waals surface area contributed by atoms with Gasteiger partial charge in [-0.2, -0.15) is 0 Å². The van der Waals surface area contributed by atoms with Gasteiger partial charge in [-0.1, -0.05) is 80.4 Å². The molecule has 144 valence electrons. The van der Waals surface area contributed by atoms with E-state index < -0.39 is 0 Å². The summed E-state index contributed by atoms with van der Waals surface area (Å²) in [5.41, 5.74) is 4.46. The van der Waals surface area contributed by atoms with Crippen LogP contribution in [0.4, 0.5) is 0 Å². The molecule has 0 aliphatic rings. The van der Waals surface area contributed by atoms with Crippen molar-refractivity contribution in [1.82, 2.24) is 0 Å². The molecule has 0 fully saturated rings. The van der Waals surface area contributed by atoms with Crippen LogP contribution in [0.5, 0.6) is 0 Å². The van der Waals surface area contributed by atoms with Crippen LogP contribution in [0.1, 0.15) is 25.0 Å². The molecule has 29 heavy (non-hydrogen) atoms. The van der Waals surface area contributed by atoms with Gasteiger partial charge in [-0.25, -0.2) is 0 Å². The molecule has 0 heterocycles. The predicted octanol–water partition coefficient (Wildman–Crippen LogP) is 8.96. The second-order valence-corrected chi connectivity index (χ2v) is 8.80. The van der Waals surface area contributed by atoms with E-state index in [0.717, 1.165) is 31.2 Å². The SMILES string of the molecule is CC(=COC=C(C)c1ccc2c(Br)cccc2c1)c1ccc2c(Br)cccc2c1. The average Bonchev–Trinajstić information content (AvgIpc) is 2.73. The highest BCUT2D eigenvalue weighted by molar-refractivity contribution is 9.11. The Morgan fingerprint density at radius 1 is 0.655 bits per heavy atom. The summed E-state index contributed by atoms with van der Waals surface area (Å²) in [5, 5.41) is 4.84. The van der Waals surface area contributed by atoms with Crippen molar-refractivity contribution in [2.75, 3.05) is 0 Å². The van der Waals surface area contributed by atoms with Crippen LogP contribution in [0, 0.1) is 0 Å². The number of halogens is 2. The van der Waals surface area contributed by atoms with Gasteiger partial charge < -0.3 is 4.74 Å². The Bertz CT molecular complexity index is 1170. The number of hydrogen-bond donors (Lipinski definition) is 0. The molecule has 4 aromatic carbocycles. The molecule has 3 heteroatoms. The van der Waals surface area contributed by atoms with Crippen LogP contribution in [0.15, 0.2) is 94.3 Å². The Morgan fingerprint density at radius 2 is 1.10 bits per heavy atom. The Kier molecular flexibility index (Phi) is 5.89. The molecular formula is C26H20Br2O. The molecule has 0 amide bonds. The van der Waals surface area contributed by atoms with E-state index in [1.807, 2.05) is 0 Å². The molecule has 0 bridgehead atoms. The molecule has 0 aliphatic carbocycles. The minimum absolute atomic E-state index is 1.08. The van der Waals surface area contributed by atoms with Crippen LogP contribution >= 0.6 is 31.9 Å². The quantitative estimate of drug-likeness (QED) is 0.250. The molecule has 4 aromatic rings. The number of allylic oxidation sites excluding steroid dienone is 2. The van der Waals surface area contributed by atoms with Gasteiger partial charge in [0.05, 0.1) is 12.5 Å². The van der Waals surface area contributed by atoms with Gasteiger partial charge in [-0.3, -0.25) is 0 Å². The molecule has 0 radical (unpaired) electrons. The van der Waals surface area contributed by atoms with Crippen molar-refractivity contribution >= 4 is 64.6 Å². The summed E-state index contributed by atoms with van der Waals surface area (Å²) >= 11 is 7.22. The van der Waals surface area contributed by atoms with Crippen molar-refractivity contribution < 1.29 is 4.74 Å². The van der Waals surface area contributed by atoms with Gasteiger partial charge in [-0.15, -0.1) is 0 Å². The molecular weight excluding hydrogens is 488 g/mol. The lowest BCUT2D eigenvalue weighted by Crippen LogP contribution is -1.84. The molecule has 0 aliphatic heterocycles. The first-order chi connectivity index (χ1) is 14.0. The maximum Gasteiger partial charge on any atom is 0.0936 e. The van der Waals surface area contributed by atoms with Crippen LogP contribution < -0.4 is 0 Å². The van der Waals surface area contributed by atoms with Gasteiger partial charge in [0.1, 0.15) is 0 Å². The average molecular weight is 508 g/mol. The molecule has 0 aromatic heterocycles. The first kappa shape index (κ1) is 19.9. The fourth-order valence-corrected chi connectivity index (χ4v) is 4.38. The summed E-state index contributed by atoms with van der Waals surface area (Å²) in [6.45, 7) is 4.13. The largest absolute Gasteiger partial charge is 0.472 e. The lowest BCUT2D eigenvalue weighted by atomic mass is 10.0. The van der Waals surface area contributed by atoms with Gasteiger partial charge in [-0.05, 0) is 81.9 Å². The maximum absolute atomic E-state index is 5.80. The van der Waals surface area contributed by atoms with Crippen molar-refractivity contribution in [3.8, 4) is 0 Å². The normalized spacial score (nSPS) is 12.6. The maximum atomic E-state index is 5.80. The van der Waals surface area contributed by atoms with E-state index in [2.05, 4.69) is 119 Å². The summed E-state index contributed by atoms with van der Waals surface area (Å²) in [6, 6.07) is 25.4. The zero-order valence-corrected chi connectivity index (χ0v) is 19.4. The lowest BCUT2D eigenvalue weighted by Gasteiger charge is -2.07.